The standard InChI is InChI=1S/C12H16FN3O3/c1-2-19-7-11(17)15-6-9-4-3-8(5-10(9)13)12(14)16-18/h3-5,18H,2,6-7H2,1H3,(H2,14,16)(H,15,17). The molecule has 0 aliphatic heterocycles. The molecule has 0 saturated heterocycles. The molecular weight excluding hydrogens is 253 g/mol. The molecule has 0 saturated carbocycles. The van der Waals surface area contributed by atoms with Crippen LogP contribution < -0.4 is 11.1 Å². The van der Waals surface area contributed by atoms with E-state index < -0.39 is 5.82 Å². The highest BCUT2D eigenvalue weighted by Gasteiger charge is 2.08. The number of nitrogens with zero attached hydrogens (tertiary/aromatic N) is 1. The first-order valence-electron chi connectivity index (χ1n) is 5.69. The molecule has 0 radical (unpaired) electrons. The molecular formula is C12H16FN3O3. The van der Waals surface area contributed by atoms with Gasteiger partial charge in [0.05, 0.1) is 0 Å². The molecule has 6 nitrogen and oxygen atoms in total. The Labute approximate surface area is 110 Å². The summed E-state index contributed by atoms with van der Waals surface area (Å²) in [6.07, 6.45) is 0. The number of ether oxygens (including phenoxy) is 1. The van der Waals surface area contributed by atoms with Crippen LogP contribution in [0.1, 0.15) is 18.1 Å². The van der Waals surface area contributed by atoms with E-state index in [4.69, 9.17) is 15.7 Å². The molecule has 1 rings (SSSR count). The Morgan fingerprint density at radius 3 is 2.89 bits per heavy atom. The Balaban J connectivity index is 2.63. The van der Waals surface area contributed by atoms with E-state index in [-0.39, 0.29) is 30.5 Å². The smallest absolute Gasteiger partial charge is 0.246 e. The zero-order chi connectivity index (χ0) is 14.3. The highest BCUT2D eigenvalue weighted by atomic mass is 19.1. The first kappa shape index (κ1) is 14.9. The summed E-state index contributed by atoms with van der Waals surface area (Å²) in [7, 11) is 0. The van der Waals surface area contributed by atoms with Crippen LogP contribution in [0, 0.1) is 5.82 Å². The number of hydrogen-bond donors (Lipinski definition) is 3. The van der Waals surface area contributed by atoms with Gasteiger partial charge in [-0.25, -0.2) is 4.39 Å². The predicted molar refractivity (Wildman–Crippen MR) is 67.3 cm³/mol. The maximum absolute atomic E-state index is 13.7. The maximum Gasteiger partial charge on any atom is 0.246 e. The van der Waals surface area contributed by atoms with Gasteiger partial charge < -0.3 is 21.0 Å². The molecule has 1 aromatic rings. The summed E-state index contributed by atoms with van der Waals surface area (Å²) in [6.45, 7) is 2.21. The van der Waals surface area contributed by atoms with Crippen molar-refractivity contribution in [3.63, 3.8) is 0 Å². The summed E-state index contributed by atoms with van der Waals surface area (Å²) in [4.78, 5) is 11.3. The van der Waals surface area contributed by atoms with Crippen molar-refractivity contribution in [2.75, 3.05) is 13.2 Å². The van der Waals surface area contributed by atoms with Crippen LogP contribution in [0.3, 0.4) is 0 Å². The number of carbonyl (C=O) groups is 1. The molecule has 1 amide bonds. The van der Waals surface area contributed by atoms with Crippen LogP contribution in [-0.2, 0) is 16.1 Å². The van der Waals surface area contributed by atoms with E-state index in [0.717, 1.165) is 6.07 Å². The number of nitrogens with two attached hydrogens (primary N) is 1. The van der Waals surface area contributed by atoms with Crippen molar-refractivity contribution < 1.29 is 19.1 Å². The quantitative estimate of drug-likeness (QED) is 0.304. The van der Waals surface area contributed by atoms with E-state index >= 15 is 0 Å². The van der Waals surface area contributed by atoms with Gasteiger partial charge in [0.2, 0.25) is 5.91 Å². The highest BCUT2D eigenvalue weighted by Crippen LogP contribution is 2.10. The zero-order valence-electron chi connectivity index (χ0n) is 10.5. The summed E-state index contributed by atoms with van der Waals surface area (Å²) >= 11 is 0. The van der Waals surface area contributed by atoms with Crippen molar-refractivity contribution in [3.05, 3.63) is 35.1 Å². The van der Waals surface area contributed by atoms with Crippen LogP contribution in [0.5, 0.6) is 0 Å². The topological polar surface area (TPSA) is 96.9 Å². The molecule has 0 unspecified atom stereocenters. The fourth-order valence-electron chi connectivity index (χ4n) is 1.35. The van der Waals surface area contributed by atoms with Crippen molar-refractivity contribution >= 4 is 11.7 Å². The van der Waals surface area contributed by atoms with Crippen molar-refractivity contribution in [3.8, 4) is 0 Å². The van der Waals surface area contributed by atoms with Gasteiger partial charge in [0.25, 0.3) is 0 Å². The van der Waals surface area contributed by atoms with Crippen molar-refractivity contribution in [1.82, 2.24) is 5.32 Å². The van der Waals surface area contributed by atoms with E-state index in [1.807, 2.05) is 0 Å². The minimum atomic E-state index is -0.541. The average Bonchev–Trinajstić information content (AvgIpc) is 2.42. The number of rotatable bonds is 6. The van der Waals surface area contributed by atoms with E-state index in [9.17, 15) is 9.18 Å². The molecule has 0 aromatic heterocycles. The Kier molecular flexibility index (Phi) is 5.74. The number of benzene rings is 1. The third-order valence-electron chi connectivity index (χ3n) is 2.37. The normalized spacial score (nSPS) is 11.4. The van der Waals surface area contributed by atoms with E-state index in [1.165, 1.54) is 12.1 Å². The fourth-order valence-corrected chi connectivity index (χ4v) is 1.35. The summed E-state index contributed by atoms with van der Waals surface area (Å²) in [5.74, 6) is -1.03. The lowest BCUT2D eigenvalue weighted by molar-refractivity contribution is -0.125. The lowest BCUT2D eigenvalue weighted by Gasteiger charge is -2.07. The van der Waals surface area contributed by atoms with Gasteiger partial charge in [0.1, 0.15) is 12.4 Å². The average molecular weight is 269 g/mol. The van der Waals surface area contributed by atoms with Gasteiger partial charge in [0.15, 0.2) is 5.84 Å². The molecule has 0 aliphatic rings. The molecule has 0 atom stereocenters. The van der Waals surface area contributed by atoms with E-state index in [0.29, 0.717) is 12.2 Å². The van der Waals surface area contributed by atoms with Gasteiger partial charge in [-0.3, -0.25) is 4.79 Å². The Hall–Kier alpha value is -2.15. The highest BCUT2D eigenvalue weighted by molar-refractivity contribution is 5.97. The second-order valence-corrected chi connectivity index (χ2v) is 3.71. The second-order valence-electron chi connectivity index (χ2n) is 3.71. The molecule has 0 spiro atoms. The Morgan fingerprint density at radius 2 is 2.32 bits per heavy atom. The van der Waals surface area contributed by atoms with Crippen molar-refractivity contribution in [1.29, 1.82) is 0 Å². The van der Waals surface area contributed by atoms with Gasteiger partial charge in [-0.15, -0.1) is 0 Å². The minimum Gasteiger partial charge on any atom is -0.409 e. The molecule has 1 aromatic carbocycles. The number of amides is 1. The van der Waals surface area contributed by atoms with E-state index in [1.54, 1.807) is 6.92 Å². The summed E-state index contributed by atoms with van der Waals surface area (Å²) in [5, 5.41) is 13.8. The van der Waals surface area contributed by atoms with Crippen LogP contribution in [0.4, 0.5) is 4.39 Å². The molecule has 0 bridgehead atoms. The molecule has 19 heavy (non-hydrogen) atoms. The van der Waals surface area contributed by atoms with Gasteiger partial charge in [-0.1, -0.05) is 17.3 Å². The number of hydrogen-bond acceptors (Lipinski definition) is 4. The molecule has 0 aliphatic carbocycles. The lowest BCUT2D eigenvalue weighted by atomic mass is 10.1. The monoisotopic (exact) mass is 269 g/mol. The number of oxime groups is 1. The molecule has 7 heteroatoms. The minimum absolute atomic E-state index is 0.0498. The lowest BCUT2D eigenvalue weighted by Crippen LogP contribution is -2.27. The molecule has 104 valence electrons. The van der Waals surface area contributed by atoms with Crippen LogP contribution in [0.25, 0.3) is 0 Å². The SMILES string of the molecule is CCOCC(=O)NCc1ccc(/C(N)=N/O)cc1F. The molecule has 0 fully saturated rings. The van der Waals surface area contributed by atoms with Crippen LogP contribution in [0.15, 0.2) is 23.4 Å². The maximum atomic E-state index is 13.7. The molecule has 4 N–H and O–H groups in total. The zero-order valence-corrected chi connectivity index (χ0v) is 10.5. The summed E-state index contributed by atoms with van der Waals surface area (Å²) < 4.78 is 18.6. The number of nitrogens with one attached hydrogen (secondary N) is 1. The van der Waals surface area contributed by atoms with Crippen LogP contribution >= 0.6 is 0 Å². The second kappa shape index (κ2) is 7.32. The van der Waals surface area contributed by atoms with Crippen molar-refractivity contribution in [2.24, 2.45) is 10.9 Å². The first-order chi connectivity index (χ1) is 9.08. The number of halogens is 1. The van der Waals surface area contributed by atoms with Gasteiger partial charge in [0, 0.05) is 24.3 Å². The largest absolute Gasteiger partial charge is 0.409 e. The van der Waals surface area contributed by atoms with Crippen molar-refractivity contribution in [2.45, 2.75) is 13.5 Å². The van der Waals surface area contributed by atoms with Crippen LogP contribution in [-0.4, -0.2) is 30.2 Å². The fraction of sp³-hybridized carbons (Fsp3) is 0.333. The molecule has 0 heterocycles. The van der Waals surface area contributed by atoms with Gasteiger partial charge in [-0.05, 0) is 13.0 Å². The van der Waals surface area contributed by atoms with Gasteiger partial charge in [-0.2, -0.15) is 0 Å². The summed E-state index contributed by atoms with van der Waals surface area (Å²) in [6, 6.07) is 4.10. The number of carbonyl (C=O) groups excluding carboxylic acids is 1. The Bertz CT molecular complexity index is 477. The predicted octanol–water partition coefficient (Wildman–Crippen LogP) is 0.573. The Morgan fingerprint density at radius 1 is 1.58 bits per heavy atom. The first-order valence-corrected chi connectivity index (χ1v) is 5.69. The van der Waals surface area contributed by atoms with Crippen LogP contribution in [0.2, 0.25) is 0 Å². The van der Waals surface area contributed by atoms with Gasteiger partial charge >= 0.3 is 0 Å². The third-order valence-corrected chi connectivity index (χ3v) is 2.37. The third kappa shape index (κ3) is 4.55. The summed E-state index contributed by atoms with van der Waals surface area (Å²) in [5.41, 5.74) is 5.91. The number of amidine groups is 1. The van der Waals surface area contributed by atoms with E-state index in [2.05, 4.69) is 10.5 Å².